The highest BCUT2D eigenvalue weighted by Crippen LogP contribution is 2.22. The third-order valence-corrected chi connectivity index (χ3v) is 2.49. The Balaban J connectivity index is 2.32. The Labute approximate surface area is 101 Å². The van der Waals surface area contributed by atoms with E-state index < -0.39 is 0 Å². The van der Waals surface area contributed by atoms with Crippen LogP contribution in [0.2, 0.25) is 0 Å². The van der Waals surface area contributed by atoms with Gasteiger partial charge in [-0.1, -0.05) is 6.07 Å². The molecule has 0 aliphatic rings. The van der Waals surface area contributed by atoms with Gasteiger partial charge < -0.3 is 11.1 Å². The highest BCUT2D eigenvalue weighted by Gasteiger charge is 2.02. The van der Waals surface area contributed by atoms with E-state index in [4.69, 9.17) is 11.0 Å². The molecule has 0 saturated carbocycles. The molecule has 0 fully saturated rings. The predicted molar refractivity (Wildman–Crippen MR) is 70.0 cm³/mol. The van der Waals surface area contributed by atoms with E-state index in [2.05, 4.69) is 11.4 Å². The molecule has 0 spiro atoms. The van der Waals surface area contributed by atoms with Crippen molar-refractivity contribution in [1.82, 2.24) is 0 Å². The zero-order valence-corrected chi connectivity index (χ0v) is 9.57. The van der Waals surface area contributed by atoms with E-state index in [-0.39, 0.29) is 0 Å². The first kappa shape index (κ1) is 11.0. The molecule has 0 aromatic heterocycles. The van der Waals surface area contributed by atoms with Crippen molar-refractivity contribution in [3.05, 3.63) is 53.6 Å². The molecule has 0 aliphatic heterocycles. The largest absolute Gasteiger partial charge is 0.399 e. The van der Waals surface area contributed by atoms with Gasteiger partial charge in [0, 0.05) is 11.4 Å². The molecule has 0 saturated heterocycles. The third-order valence-electron chi connectivity index (χ3n) is 2.49. The highest BCUT2D eigenvalue weighted by molar-refractivity contribution is 5.68. The number of rotatable bonds is 2. The van der Waals surface area contributed by atoms with E-state index >= 15 is 0 Å². The minimum Gasteiger partial charge on any atom is -0.399 e. The molecule has 3 nitrogen and oxygen atoms in total. The van der Waals surface area contributed by atoms with Crippen molar-refractivity contribution in [2.24, 2.45) is 0 Å². The van der Waals surface area contributed by atoms with Gasteiger partial charge in [-0.15, -0.1) is 0 Å². The van der Waals surface area contributed by atoms with Crippen molar-refractivity contribution in [2.45, 2.75) is 6.92 Å². The monoisotopic (exact) mass is 223 g/mol. The van der Waals surface area contributed by atoms with Gasteiger partial charge in [0.1, 0.15) is 6.07 Å². The standard InChI is InChI=1S/C14H13N3/c1-10-2-3-11(9-15)14(8-10)17-13-6-4-12(16)5-7-13/h2-8,17H,16H2,1H3. The lowest BCUT2D eigenvalue weighted by Crippen LogP contribution is -1.94. The minimum absolute atomic E-state index is 0.632. The fourth-order valence-corrected chi connectivity index (χ4v) is 1.58. The van der Waals surface area contributed by atoms with Gasteiger partial charge in [-0.2, -0.15) is 5.26 Å². The van der Waals surface area contributed by atoms with Crippen molar-refractivity contribution in [3.8, 4) is 6.07 Å². The maximum absolute atomic E-state index is 9.02. The van der Waals surface area contributed by atoms with Crippen molar-refractivity contribution in [1.29, 1.82) is 5.26 Å². The summed E-state index contributed by atoms with van der Waals surface area (Å²) >= 11 is 0. The van der Waals surface area contributed by atoms with Gasteiger partial charge in [-0.05, 0) is 48.9 Å². The van der Waals surface area contributed by atoms with Gasteiger partial charge in [0.2, 0.25) is 0 Å². The van der Waals surface area contributed by atoms with Crippen molar-refractivity contribution >= 4 is 17.1 Å². The van der Waals surface area contributed by atoms with E-state index in [1.807, 2.05) is 49.4 Å². The first-order chi connectivity index (χ1) is 8.19. The summed E-state index contributed by atoms with van der Waals surface area (Å²) in [5.74, 6) is 0. The molecule has 0 atom stereocenters. The molecule has 3 N–H and O–H groups in total. The fraction of sp³-hybridized carbons (Fsp3) is 0.0714. The van der Waals surface area contributed by atoms with Crippen molar-refractivity contribution in [3.63, 3.8) is 0 Å². The molecule has 0 unspecified atom stereocenters. The van der Waals surface area contributed by atoms with Crippen LogP contribution in [0.3, 0.4) is 0 Å². The zero-order valence-electron chi connectivity index (χ0n) is 9.57. The summed E-state index contributed by atoms with van der Waals surface area (Å²) in [5.41, 5.74) is 9.82. The van der Waals surface area contributed by atoms with E-state index in [0.717, 1.165) is 22.6 Å². The number of nitriles is 1. The maximum Gasteiger partial charge on any atom is 0.101 e. The second kappa shape index (κ2) is 4.58. The van der Waals surface area contributed by atoms with Gasteiger partial charge in [-0.25, -0.2) is 0 Å². The number of nitrogens with two attached hydrogens (primary N) is 1. The van der Waals surface area contributed by atoms with Gasteiger partial charge in [-0.3, -0.25) is 0 Å². The molecular weight excluding hydrogens is 210 g/mol. The molecule has 2 aromatic rings. The quantitative estimate of drug-likeness (QED) is 0.768. The number of hydrogen-bond donors (Lipinski definition) is 2. The van der Waals surface area contributed by atoms with Crippen LogP contribution in [0.4, 0.5) is 17.1 Å². The molecule has 0 radical (unpaired) electrons. The number of nitrogen functional groups attached to an aromatic ring is 1. The van der Waals surface area contributed by atoms with E-state index in [1.165, 1.54) is 0 Å². The molecule has 2 aromatic carbocycles. The van der Waals surface area contributed by atoms with Crippen LogP contribution in [0, 0.1) is 18.3 Å². The Bertz CT molecular complexity index is 565. The normalized spacial score (nSPS) is 9.65. The maximum atomic E-state index is 9.02. The van der Waals surface area contributed by atoms with Gasteiger partial charge in [0.25, 0.3) is 0 Å². The first-order valence-corrected chi connectivity index (χ1v) is 5.32. The summed E-state index contributed by atoms with van der Waals surface area (Å²) in [7, 11) is 0. The average molecular weight is 223 g/mol. The van der Waals surface area contributed by atoms with E-state index in [1.54, 1.807) is 0 Å². The summed E-state index contributed by atoms with van der Waals surface area (Å²) < 4.78 is 0. The van der Waals surface area contributed by atoms with Crippen molar-refractivity contribution in [2.75, 3.05) is 11.1 Å². The molecule has 3 heteroatoms. The molecule has 84 valence electrons. The molecule has 2 rings (SSSR count). The summed E-state index contributed by atoms with van der Waals surface area (Å²) in [6, 6.07) is 15.3. The number of nitrogens with one attached hydrogen (secondary N) is 1. The number of anilines is 3. The molecule has 0 bridgehead atoms. The smallest absolute Gasteiger partial charge is 0.101 e. The molecule has 17 heavy (non-hydrogen) atoms. The number of hydrogen-bond acceptors (Lipinski definition) is 3. The molecule has 0 aliphatic carbocycles. The van der Waals surface area contributed by atoms with E-state index in [0.29, 0.717) is 5.56 Å². The summed E-state index contributed by atoms with van der Waals surface area (Å²) in [5, 5.41) is 12.2. The Morgan fingerprint density at radius 2 is 1.82 bits per heavy atom. The average Bonchev–Trinajstić information content (AvgIpc) is 2.32. The third kappa shape index (κ3) is 2.56. The lowest BCUT2D eigenvalue weighted by atomic mass is 10.1. The van der Waals surface area contributed by atoms with Gasteiger partial charge in [0.05, 0.1) is 11.3 Å². The Morgan fingerprint density at radius 1 is 1.12 bits per heavy atom. The van der Waals surface area contributed by atoms with Gasteiger partial charge >= 0.3 is 0 Å². The second-order valence-corrected chi connectivity index (χ2v) is 3.91. The van der Waals surface area contributed by atoms with Crippen LogP contribution < -0.4 is 11.1 Å². The van der Waals surface area contributed by atoms with E-state index in [9.17, 15) is 0 Å². The van der Waals surface area contributed by atoms with Crippen LogP contribution in [-0.2, 0) is 0 Å². The van der Waals surface area contributed by atoms with Crippen molar-refractivity contribution < 1.29 is 0 Å². The van der Waals surface area contributed by atoms with Crippen LogP contribution >= 0.6 is 0 Å². The Kier molecular flexibility index (Phi) is 2.97. The molecular formula is C14H13N3. The number of aryl methyl sites for hydroxylation is 1. The van der Waals surface area contributed by atoms with Crippen LogP contribution in [0.15, 0.2) is 42.5 Å². The summed E-state index contributed by atoms with van der Waals surface area (Å²) in [4.78, 5) is 0. The molecule has 0 amide bonds. The Morgan fingerprint density at radius 3 is 2.47 bits per heavy atom. The van der Waals surface area contributed by atoms with Crippen LogP contribution in [0.25, 0.3) is 0 Å². The predicted octanol–water partition coefficient (Wildman–Crippen LogP) is 3.19. The van der Waals surface area contributed by atoms with Gasteiger partial charge in [0.15, 0.2) is 0 Å². The molecule has 0 heterocycles. The zero-order chi connectivity index (χ0) is 12.3. The number of nitrogens with zero attached hydrogens (tertiary/aromatic N) is 1. The lowest BCUT2D eigenvalue weighted by molar-refractivity contribution is 1.41. The fourth-order valence-electron chi connectivity index (χ4n) is 1.58. The van der Waals surface area contributed by atoms with Crippen LogP contribution in [0.5, 0.6) is 0 Å². The topological polar surface area (TPSA) is 61.8 Å². The van der Waals surface area contributed by atoms with Crippen LogP contribution in [0.1, 0.15) is 11.1 Å². The first-order valence-electron chi connectivity index (χ1n) is 5.32. The lowest BCUT2D eigenvalue weighted by Gasteiger charge is -2.09. The minimum atomic E-state index is 0.632. The summed E-state index contributed by atoms with van der Waals surface area (Å²) in [6.45, 7) is 2.00. The highest BCUT2D eigenvalue weighted by atomic mass is 14.9. The SMILES string of the molecule is Cc1ccc(C#N)c(Nc2ccc(N)cc2)c1. The number of benzene rings is 2. The van der Waals surface area contributed by atoms with Crippen LogP contribution in [-0.4, -0.2) is 0 Å². The Hall–Kier alpha value is -2.47. The summed E-state index contributed by atoms with van der Waals surface area (Å²) in [6.07, 6.45) is 0. The second-order valence-electron chi connectivity index (χ2n) is 3.91.